The van der Waals surface area contributed by atoms with E-state index in [0.29, 0.717) is 11.6 Å². The van der Waals surface area contributed by atoms with Crippen molar-refractivity contribution in [3.05, 3.63) is 58.7 Å². The summed E-state index contributed by atoms with van der Waals surface area (Å²) < 4.78 is 0. The number of pyridine rings is 1. The fraction of sp³-hybridized carbons (Fsp3) is 0.214. The van der Waals surface area contributed by atoms with Gasteiger partial charge in [0.15, 0.2) is 0 Å². The molecular weight excluding hydrogens is 246 g/mol. The first-order valence-corrected chi connectivity index (χ1v) is 6.24. The van der Waals surface area contributed by atoms with Gasteiger partial charge in [-0.15, -0.1) is 0 Å². The van der Waals surface area contributed by atoms with Gasteiger partial charge in [-0.3, -0.25) is 0 Å². The Morgan fingerprint density at radius 1 is 1.22 bits per heavy atom. The largest absolute Gasteiger partial charge is 0.364 e. The highest BCUT2D eigenvalue weighted by molar-refractivity contribution is 6.30. The molecule has 0 bridgehead atoms. The molecule has 0 saturated heterocycles. The first-order chi connectivity index (χ1) is 8.69. The standard InChI is InChI=1S/C14H16ClN3/c1-10(12-4-2-11(8-16)3-5-12)18-14-7-6-13(15)9-17-14/h2-7,9-10H,8,16H2,1H3,(H,17,18). The quantitative estimate of drug-likeness (QED) is 0.887. The van der Waals surface area contributed by atoms with E-state index in [2.05, 4.69) is 29.4 Å². The lowest BCUT2D eigenvalue weighted by molar-refractivity contribution is 0.872. The molecule has 2 aromatic rings. The number of nitrogens with zero attached hydrogens (tertiary/aromatic N) is 1. The fourth-order valence-corrected chi connectivity index (χ4v) is 1.82. The van der Waals surface area contributed by atoms with E-state index in [-0.39, 0.29) is 6.04 Å². The lowest BCUT2D eigenvalue weighted by Crippen LogP contribution is -2.08. The van der Waals surface area contributed by atoms with Crippen LogP contribution in [0.15, 0.2) is 42.6 Å². The van der Waals surface area contributed by atoms with Crippen LogP contribution in [0.1, 0.15) is 24.1 Å². The van der Waals surface area contributed by atoms with Crippen LogP contribution in [0.2, 0.25) is 5.02 Å². The van der Waals surface area contributed by atoms with Gasteiger partial charge < -0.3 is 11.1 Å². The van der Waals surface area contributed by atoms with Crippen LogP contribution in [-0.4, -0.2) is 4.98 Å². The molecule has 0 saturated carbocycles. The maximum atomic E-state index is 5.80. The first-order valence-electron chi connectivity index (χ1n) is 5.86. The van der Waals surface area contributed by atoms with Crippen molar-refractivity contribution in [1.29, 1.82) is 0 Å². The Hall–Kier alpha value is -1.58. The van der Waals surface area contributed by atoms with Crippen LogP contribution in [0, 0.1) is 0 Å². The fourth-order valence-electron chi connectivity index (χ4n) is 1.71. The van der Waals surface area contributed by atoms with E-state index in [1.165, 1.54) is 5.56 Å². The molecule has 0 spiro atoms. The van der Waals surface area contributed by atoms with Gasteiger partial charge in [0.05, 0.1) is 5.02 Å². The highest BCUT2D eigenvalue weighted by Crippen LogP contribution is 2.19. The van der Waals surface area contributed by atoms with Crippen LogP contribution in [-0.2, 0) is 6.54 Å². The van der Waals surface area contributed by atoms with Crippen LogP contribution < -0.4 is 11.1 Å². The smallest absolute Gasteiger partial charge is 0.126 e. The second kappa shape index (κ2) is 5.85. The SMILES string of the molecule is CC(Nc1ccc(Cl)cn1)c1ccc(CN)cc1. The molecule has 94 valence electrons. The lowest BCUT2D eigenvalue weighted by atomic mass is 10.1. The molecule has 1 aromatic carbocycles. The van der Waals surface area contributed by atoms with E-state index < -0.39 is 0 Å². The number of nitrogens with one attached hydrogen (secondary N) is 1. The second-order valence-corrected chi connectivity index (χ2v) is 4.61. The third-order valence-corrected chi connectivity index (χ3v) is 3.03. The summed E-state index contributed by atoms with van der Waals surface area (Å²) in [7, 11) is 0. The molecule has 0 aliphatic heterocycles. The number of rotatable bonds is 4. The van der Waals surface area contributed by atoms with Gasteiger partial charge in [0.1, 0.15) is 5.82 Å². The summed E-state index contributed by atoms with van der Waals surface area (Å²) in [6.45, 7) is 2.66. The number of hydrogen-bond acceptors (Lipinski definition) is 3. The molecule has 0 fully saturated rings. The van der Waals surface area contributed by atoms with Crippen LogP contribution in [0.25, 0.3) is 0 Å². The van der Waals surface area contributed by atoms with E-state index in [1.807, 2.05) is 24.3 Å². The number of benzene rings is 1. The minimum absolute atomic E-state index is 0.186. The zero-order valence-corrected chi connectivity index (χ0v) is 11.0. The Morgan fingerprint density at radius 3 is 2.50 bits per heavy atom. The molecule has 4 heteroatoms. The van der Waals surface area contributed by atoms with Gasteiger partial charge in [0, 0.05) is 18.8 Å². The highest BCUT2D eigenvalue weighted by atomic mass is 35.5. The molecule has 1 unspecified atom stereocenters. The van der Waals surface area contributed by atoms with E-state index >= 15 is 0 Å². The molecule has 3 nitrogen and oxygen atoms in total. The third kappa shape index (κ3) is 3.22. The maximum Gasteiger partial charge on any atom is 0.126 e. The van der Waals surface area contributed by atoms with Crippen molar-refractivity contribution in [3.63, 3.8) is 0 Å². The van der Waals surface area contributed by atoms with Crippen molar-refractivity contribution in [3.8, 4) is 0 Å². The van der Waals surface area contributed by atoms with E-state index in [9.17, 15) is 0 Å². The molecule has 0 radical (unpaired) electrons. The van der Waals surface area contributed by atoms with Crippen molar-refractivity contribution >= 4 is 17.4 Å². The minimum Gasteiger partial charge on any atom is -0.364 e. The summed E-state index contributed by atoms with van der Waals surface area (Å²) in [5.74, 6) is 0.815. The van der Waals surface area contributed by atoms with Gasteiger partial charge in [-0.05, 0) is 30.2 Å². The maximum absolute atomic E-state index is 5.80. The Balaban J connectivity index is 2.06. The molecule has 0 aliphatic carbocycles. The number of anilines is 1. The number of aromatic nitrogens is 1. The molecule has 0 aliphatic rings. The molecule has 1 heterocycles. The summed E-state index contributed by atoms with van der Waals surface area (Å²) in [6, 6.07) is 12.1. The van der Waals surface area contributed by atoms with Gasteiger partial charge >= 0.3 is 0 Å². The van der Waals surface area contributed by atoms with E-state index in [1.54, 1.807) is 6.20 Å². The van der Waals surface area contributed by atoms with Gasteiger partial charge in [-0.2, -0.15) is 0 Å². The van der Waals surface area contributed by atoms with Gasteiger partial charge in [0.2, 0.25) is 0 Å². The van der Waals surface area contributed by atoms with Crippen LogP contribution >= 0.6 is 11.6 Å². The number of nitrogens with two attached hydrogens (primary N) is 1. The minimum atomic E-state index is 0.186. The Morgan fingerprint density at radius 2 is 1.94 bits per heavy atom. The average Bonchev–Trinajstić information content (AvgIpc) is 2.41. The highest BCUT2D eigenvalue weighted by Gasteiger charge is 2.05. The summed E-state index contributed by atoms with van der Waals surface area (Å²) in [4.78, 5) is 4.21. The monoisotopic (exact) mass is 261 g/mol. The topological polar surface area (TPSA) is 50.9 Å². The van der Waals surface area contributed by atoms with Crippen molar-refractivity contribution in [2.45, 2.75) is 19.5 Å². The predicted octanol–water partition coefficient (Wildman–Crippen LogP) is 3.37. The van der Waals surface area contributed by atoms with Crippen molar-refractivity contribution in [1.82, 2.24) is 4.98 Å². The number of hydrogen-bond donors (Lipinski definition) is 2. The Kier molecular flexibility index (Phi) is 4.18. The first kappa shape index (κ1) is 12.9. The van der Waals surface area contributed by atoms with Crippen molar-refractivity contribution in [2.75, 3.05) is 5.32 Å². The van der Waals surface area contributed by atoms with E-state index in [4.69, 9.17) is 17.3 Å². The second-order valence-electron chi connectivity index (χ2n) is 4.17. The normalized spacial score (nSPS) is 12.2. The summed E-state index contributed by atoms with van der Waals surface area (Å²) in [5.41, 5.74) is 7.91. The zero-order chi connectivity index (χ0) is 13.0. The van der Waals surface area contributed by atoms with Crippen LogP contribution in [0.5, 0.6) is 0 Å². The third-order valence-electron chi connectivity index (χ3n) is 2.81. The molecule has 3 N–H and O–H groups in total. The van der Waals surface area contributed by atoms with Crippen LogP contribution in [0.4, 0.5) is 5.82 Å². The van der Waals surface area contributed by atoms with Gasteiger partial charge in [-0.25, -0.2) is 4.98 Å². The molecule has 1 aromatic heterocycles. The van der Waals surface area contributed by atoms with Gasteiger partial charge in [-0.1, -0.05) is 35.9 Å². The Bertz CT molecular complexity index is 493. The van der Waals surface area contributed by atoms with Crippen LogP contribution in [0.3, 0.4) is 0 Å². The van der Waals surface area contributed by atoms with Crippen molar-refractivity contribution in [2.24, 2.45) is 5.73 Å². The number of halogens is 1. The summed E-state index contributed by atoms with van der Waals surface area (Å²) in [5, 5.41) is 3.96. The molecule has 1 atom stereocenters. The summed E-state index contributed by atoms with van der Waals surface area (Å²) >= 11 is 5.80. The zero-order valence-electron chi connectivity index (χ0n) is 10.2. The van der Waals surface area contributed by atoms with Crippen molar-refractivity contribution < 1.29 is 0 Å². The molecule has 2 rings (SSSR count). The summed E-state index contributed by atoms with van der Waals surface area (Å²) in [6.07, 6.45) is 1.63. The average molecular weight is 262 g/mol. The van der Waals surface area contributed by atoms with E-state index in [0.717, 1.165) is 11.4 Å². The predicted molar refractivity (Wildman–Crippen MR) is 75.6 cm³/mol. The lowest BCUT2D eigenvalue weighted by Gasteiger charge is -2.15. The van der Waals surface area contributed by atoms with Gasteiger partial charge in [0.25, 0.3) is 0 Å². The molecular formula is C14H16ClN3. The molecule has 18 heavy (non-hydrogen) atoms. The molecule has 0 amide bonds. The Labute approximate surface area is 112 Å².